The van der Waals surface area contributed by atoms with Gasteiger partial charge in [-0.15, -0.1) is 0 Å². The van der Waals surface area contributed by atoms with E-state index < -0.39 is 12.0 Å². The molecule has 0 bridgehead atoms. The summed E-state index contributed by atoms with van der Waals surface area (Å²) in [6.45, 7) is 1.37. The predicted molar refractivity (Wildman–Crippen MR) is 61.3 cm³/mol. The second-order valence-electron chi connectivity index (χ2n) is 3.91. The van der Waals surface area contributed by atoms with Crippen LogP contribution < -0.4 is 9.64 Å². The highest BCUT2D eigenvalue weighted by Gasteiger charge is 2.38. The average Bonchev–Trinajstić information content (AvgIpc) is 2.67. The van der Waals surface area contributed by atoms with E-state index >= 15 is 0 Å². The van der Waals surface area contributed by atoms with Gasteiger partial charge < -0.3 is 9.84 Å². The Balaban J connectivity index is 2.53. The molecule has 0 aromatic heterocycles. The Bertz CT molecular complexity index is 483. The zero-order valence-electron chi connectivity index (χ0n) is 9.64. The predicted octanol–water partition coefficient (Wildman–Crippen LogP) is 1.06. The SMILES string of the molecule is COc1cccc2c1CC(C(=O)O)N2C(C)=O. The number of carbonyl (C=O) groups is 2. The van der Waals surface area contributed by atoms with Crippen LogP contribution in [0.25, 0.3) is 0 Å². The molecule has 17 heavy (non-hydrogen) atoms. The van der Waals surface area contributed by atoms with Crippen molar-refractivity contribution in [3.63, 3.8) is 0 Å². The van der Waals surface area contributed by atoms with Crippen molar-refractivity contribution in [2.75, 3.05) is 12.0 Å². The van der Waals surface area contributed by atoms with Gasteiger partial charge in [0.1, 0.15) is 11.8 Å². The third-order valence-corrected chi connectivity index (χ3v) is 2.92. The van der Waals surface area contributed by atoms with Gasteiger partial charge in [-0.25, -0.2) is 4.79 Å². The van der Waals surface area contributed by atoms with E-state index in [0.29, 0.717) is 11.4 Å². The average molecular weight is 235 g/mol. The maximum Gasteiger partial charge on any atom is 0.327 e. The summed E-state index contributed by atoms with van der Waals surface area (Å²) in [5.74, 6) is -0.652. The molecule has 1 aromatic carbocycles. The number of fused-ring (bicyclic) bond motifs is 1. The number of ether oxygens (including phenoxy) is 1. The second kappa shape index (κ2) is 4.08. The van der Waals surface area contributed by atoms with Gasteiger partial charge in [0, 0.05) is 18.9 Å². The minimum atomic E-state index is -1.00. The lowest BCUT2D eigenvalue weighted by Crippen LogP contribution is -2.41. The van der Waals surface area contributed by atoms with Crippen LogP contribution in [0.5, 0.6) is 5.75 Å². The van der Waals surface area contributed by atoms with Crippen molar-refractivity contribution in [1.82, 2.24) is 0 Å². The molecule has 1 aromatic rings. The molecular formula is C12H13NO4. The topological polar surface area (TPSA) is 66.8 Å². The van der Waals surface area contributed by atoms with Crippen LogP contribution in [0.4, 0.5) is 5.69 Å². The van der Waals surface area contributed by atoms with Crippen LogP contribution in [0, 0.1) is 0 Å². The van der Waals surface area contributed by atoms with Crippen LogP contribution in [0.3, 0.4) is 0 Å². The summed E-state index contributed by atoms with van der Waals surface area (Å²) >= 11 is 0. The first kappa shape index (κ1) is 11.4. The molecule has 1 heterocycles. The molecule has 1 unspecified atom stereocenters. The summed E-state index contributed by atoms with van der Waals surface area (Å²) in [6, 6.07) is 4.42. The first-order valence-corrected chi connectivity index (χ1v) is 5.24. The largest absolute Gasteiger partial charge is 0.496 e. The number of aliphatic carboxylic acids is 1. The van der Waals surface area contributed by atoms with Crippen LogP contribution >= 0.6 is 0 Å². The first-order valence-electron chi connectivity index (χ1n) is 5.24. The quantitative estimate of drug-likeness (QED) is 0.832. The van der Waals surface area contributed by atoms with Crippen molar-refractivity contribution in [3.05, 3.63) is 23.8 Å². The van der Waals surface area contributed by atoms with E-state index in [2.05, 4.69) is 0 Å². The van der Waals surface area contributed by atoms with Gasteiger partial charge in [-0.1, -0.05) is 6.07 Å². The molecule has 1 amide bonds. The van der Waals surface area contributed by atoms with Crippen LogP contribution in [0.15, 0.2) is 18.2 Å². The van der Waals surface area contributed by atoms with Crippen molar-refractivity contribution < 1.29 is 19.4 Å². The standard InChI is InChI=1S/C12H13NO4/c1-7(14)13-9-4-3-5-11(17-2)8(9)6-10(13)12(15)16/h3-5,10H,6H2,1-2H3,(H,15,16). The Morgan fingerprint density at radius 1 is 1.47 bits per heavy atom. The summed E-state index contributed by atoms with van der Waals surface area (Å²) in [6.07, 6.45) is 0.286. The Labute approximate surface area is 98.6 Å². The monoisotopic (exact) mass is 235 g/mol. The third-order valence-electron chi connectivity index (χ3n) is 2.92. The van der Waals surface area contributed by atoms with Crippen molar-refractivity contribution >= 4 is 17.6 Å². The zero-order chi connectivity index (χ0) is 12.6. The number of methoxy groups -OCH3 is 1. The molecule has 2 rings (SSSR count). The van der Waals surface area contributed by atoms with Crippen LogP contribution in [0.1, 0.15) is 12.5 Å². The summed E-state index contributed by atoms with van der Waals surface area (Å²) in [5, 5.41) is 9.13. The van der Waals surface area contributed by atoms with Gasteiger partial charge in [-0.05, 0) is 12.1 Å². The van der Waals surface area contributed by atoms with Gasteiger partial charge in [0.15, 0.2) is 0 Å². The van der Waals surface area contributed by atoms with E-state index in [1.165, 1.54) is 18.9 Å². The highest BCUT2D eigenvalue weighted by atomic mass is 16.5. The van der Waals surface area contributed by atoms with Gasteiger partial charge in [-0.3, -0.25) is 9.69 Å². The van der Waals surface area contributed by atoms with Crippen molar-refractivity contribution in [1.29, 1.82) is 0 Å². The molecule has 1 aliphatic heterocycles. The molecule has 1 atom stereocenters. The number of amides is 1. The number of hydrogen-bond donors (Lipinski definition) is 1. The van der Waals surface area contributed by atoms with E-state index in [0.717, 1.165) is 5.56 Å². The number of rotatable bonds is 2. The van der Waals surface area contributed by atoms with E-state index in [1.807, 2.05) is 0 Å². The molecule has 1 aliphatic rings. The first-order chi connectivity index (χ1) is 8.06. The summed E-state index contributed by atoms with van der Waals surface area (Å²) in [5.41, 5.74) is 1.40. The number of benzene rings is 1. The molecule has 5 heteroatoms. The van der Waals surface area contributed by atoms with Crippen LogP contribution in [-0.2, 0) is 16.0 Å². The molecule has 0 aliphatic carbocycles. The number of anilines is 1. The number of hydrogen-bond acceptors (Lipinski definition) is 3. The summed E-state index contributed by atoms with van der Waals surface area (Å²) in [4.78, 5) is 24.0. The van der Waals surface area contributed by atoms with E-state index in [-0.39, 0.29) is 12.3 Å². The number of nitrogens with zero attached hydrogens (tertiary/aromatic N) is 1. The minimum Gasteiger partial charge on any atom is -0.496 e. The summed E-state index contributed by atoms with van der Waals surface area (Å²) < 4.78 is 5.18. The smallest absolute Gasteiger partial charge is 0.327 e. The Kier molecular flexibility index (Phi) is 2.75. The zero-order valence-corrected chi connectivity index (χ0v) is 9.64. The van der Waals surface area contributed by atoms with Gasteiger partial charge in [0.2, 0.25) is 5.91 Å². The molecule has 0 spiro atoms. The third kappa shape index (κ3) is 1.73. The van der Waals surface area contributed by atoms with E-state index in [4.69, 9.17) is 9.84 Å². The van der Waals surface area contributed by atoms with Gasteiger partial charge in [-0.2, -0.15) is 0 Å². The fourth-order valence-corrected chi connectivity index (χ4v) is 2.22. The Morgan fingerprint density at radius 3 is 2.71 bits per heavy atom. The normalized spacial score (nSPS) is 17.8. The lowest BCUT2D eigenvalue weighted by Gasteiger charge is -2.20. The number of carbonyl (C=O) groups excluding carboxylic acids is 1. The molecular weight excluding hydrogens is 222 g/mol. The molecule has 0 saturated carbocycles. The van der Waals surface area contributed by atoms with Crippen molar-refractivity contribution in [2.45, 2.75) is 19.4 Å². The molecule has 0 saturated heterocycles. The molecule has 5 nitrogen and oxygen atoms in total. The lowest BCUT2D eigenvalue weighted by molar-refractivity contribution is -0.139. The molecule has 0 radical (unpaired) electrons. The van der Waals surface area contributed by atoms with Crippen molar-refractivity contribution in [3.8, 4) is 5.75 Å². The molecule has 0 fully saturated rings. The van der Waals surface area contributed by atoms with Gasteiger partial charge in [0.05, 0.1) is 12.8 Å². The summed E-state index contributed by atoms with van der Waals surface area (Å²) in [7, 11) is 1.53. The van der Waals surface area contributed by atoms with E-state index in [1.54, 1.807) is 18.2 Å². The van der Waals surface area contributed by atoms with Crippen molar-refractivity contribution in [2.24, 2.45) is 0 Å². The second-order valence-corrected chi connectivity index (χ2v) is 3.91. The van der Waals surface area contributed by atoms with E-state index in [9.17, 15) is 9.59 Å². The number of carboxylic acids is 1. The lowest BCUT2D eigenvalue weighted by atomic mass is 10.1. The molecule has 1 N–H and O–H groups in total. The Hall–Kier alpha value is -2.04. The number of carboxylic acid groups (broad SMARTS) is 1. The highest BCUT2D eigenvalue weighted by molar-refractivity contribution is 6.01. The maximum atomic E-state index is 11.5. The Morgan fingerprint density at radius 2 is 2.18 bits per heavy atom. The van der Waals surface area contributed by atoms with Crippen LogP contribution in [0.2, 0.25) is 0 Å². The van der Waals surface area contributed by atoms with Gasteiger partial charge in [0.25, 0.3) is 0 Å². The fraction of sp³-hybridized carbons (Fsp3) is 0.333. The van der Waals surface area contributed by atoms with Crippen LogP contribution in [-0.4, -0.2) is 30.1 Å². The maximum absolute atomic E-state index is 11.5. The highest BCUT2D eigenvalue weighted by Crippen LogP contribution is 2.38. The van der Waals surface area contributed by atoms with Gasteiger partial charge >= 0.3 is 5.97 Å². The minimum absolute atomic E-state index is 0.274. The fourth-order valence-electron chi connectivity index (χ4n) is 2.22. The molecule has 90 valence electrons.